The van der Waals surface area contributed by atoms with E-state index in [-0.39, 0.29) is 0 Å². The fraction of sp³-hybridized carbons (Fsp3) is 1.00. The van der Waals surface area contributed by atoms with Crippen LogP contribution in [0.4, 0.5) is 0 Å². The summed E-state index contributed by atoms with van der Waals surface area (Å²) in [6.07, 6.45) is 5.34. The topological polar surface area (TPSA) is 29.3 Å². The van der Waals surface area contributed by atoms with Crippen LogP contribution in [0.15, 0.2) is 0 Å². The first-order valence-electron chi connectivity index (χ1n) is 5.62. The number of nitrogens with two attached hydrogens (primary N) is 1. The minimum Gasteiger partial charge on any atom is -0.330 e. The Morgan fingerprint density at radius 1 is 1.38 bits per heavy atom. The van der Waals surface area contributed by atoms with Crippen molar-refractivity contribution in [2.75, 3.05) is 26.2 Å². The molecule has 0 spiro atoms. The average molecular weight is 184 g/mol. The van der Waals surface area contributed by atoms with Crippen LogP contribution in [0.1, 0.15) is 39.5 Å². The normalized spacial score (nSPS) is 29.8. The minimum absolute atomic E-state index is 0.409. The number of nitrogens with zero attached hydrogens (tertiary/aromatic N) is 1. The van der Waals surface area contributed by atoms with Gasteiger partial charge in [0.25, 0.3) is 0 Å². The summed E-state index contributed by atoms with van der Waals surface area (Å²) in [5.41, 5.74) is 6.17. The zero-order valence-corrected chi connectivity index (χ0v) is 9.18. The molecule has 0 radical (unpaired) electrons. The summed E-state index contributed by atoms with van der Waals surface area (Å²) in [7, 11) is 0. The van der Waals surface area contributed by atoms with Gasteiger partial charge in [-0.1, -0.05) is 26.7 Å². The van der Waals surface area contributed by atoms with Gasteiger partial charge in [-0.3, -0.25) is 0 Å². The highest BCUT2D eigenvalue weighted by Crippen LogP contribution is 2.28. The van der Waals surface area contributed by atoms with Crippen molar-refractivity contribution in [3.05, 3.63) is 0 Å². The first-order chi connectivity index (χ1) is 6.20. The molecule has 0 bridgehead atoms. The second-order valence-electron chi connectivity index (χ2n) is 4.75. The van der Waals surface area contributed by atoms with Gasteiger partial charge in [0.1, 0.15) is 0 Å². The van der Waals surface area contributed by atoms with Crippen LogP contribution in [-0.4, -0.2) is 31.1 Å². The molecule has 2 heteroatoms. The summed E-state index contributed by atoms with van der Waals surface area (Å²) in [4.78, 5) is 2.57. The second kappa shape index (κ2) is 4.97. The third-order valence-corrected chi connectivity index (χ3v) is 3.21. The van der Waals surface area contributed by atoms with Gasteiger partial charge < -0.3 is 10.6 Å². The second-order valence-corrected chi connectivity index (χ2v) is 4.75. The SMILES string of the molecule is CCCCCN1CCC(C)(CN)C1. The van der Waals surface area contributed by atoms with Crippen LogP contribution in [-0.2, 0) is 0 Å². The molecular weight excluding hydrogens is 160 g/mol. The molecule has 1 atom stereocenters. The highest BCUT2D eigenvalue weighted by molar-refractivity contribution is 4.86. The number of rotatable bonds is 5. The maximum Gasteiger partial charge on any atom is 0.00479 e. The van der Waals surface area contributed by atoms with Crippen LogP contribution in [0, 0.1) is 5.41 Å². The summed E-state index contributed by atoms with van der Waals surface area (Å²) in [6.45, 7) is 9.17. The average Bonchev–Trinajstić information content (AvgIpc) is 2.50. The van der Waals surface area contributed by atoms with E-state index in [1.54, 1.807) is 0 Å². The molecular formula is C11H24N2. The van der Waals surface area contributed by atoms with Gasteiger partial charge in [-0.25, -0.2) is 0 Å². The quantitative estimate of drug-likeness (QED) is 0.661. The van der Waals surface area contributed by atoms with Crippen molar-refractivity contribution >= 4 is 0 Å². The molecule has 0 aliphatic carbocycles. The van der Waals surface area contributed by atoms with E-state index in [9.17, 15) is 0 Å². The van der Waals surface area contributed by atoms with E-state index in [2.05, 4.69) is 18.7 Å². The van der Waals surface area contributed by atoms with Gasteiger partial charge in [0.15, 0.2) is 0 Å². The summed E-state index contributed by atoms with van der Waals surface area (Å²) in [6, 6.07) is 0. The predicted octanol–water partition coefficient (Wildman–Crippen LogP) is 1.85. The molecule has 1 saturated heterocycles. The lowest BCUT2D eigenvalue weighted by Crippen LogP contribution is -2.31. The Morgan fingerprint density at radius 2 is 2.15 bits per heavy atom. The zero-order chi connectivity index (χ0) is 9.73. The number of likely N-dealkylation sites (tertiary alicyclic amines) is 1. The fourth-order valence-electron chi connectivity index (χ4n) is 2.07. The predicted molar refractivity (Wildman–Crippen MR) is 57.7 cm³/mol. The zero-order valence-electron chi connectivity index (χ0n) is 9.18. The van der Waals surface area contributed by atoms with Crippen molar-refractivity contribution in [3.8, 4) is 0 Å². The third-order valence-electron chi connectivity index (χ3n) is 3.21. The van der Waals surface area contributed by atoms with Crippen molar-refractivity contribution in [2.45, 2.75) is 39.5 Å². The molecule has 78 valence electrons. The summed E-state index contributed by atoms with van der Waals surface area (Å²) in [5, 5.41) is 0. The Kier molecular flexibility index (Phi) is 4.20. The molecule has 0 saturated carbocycles. The largest absolute Gasteiger partial charge is 0.330 e. The fourth-order valence-corrected chi connectivity index (χ4v) is 2.07. The summed E-state index contributed by atoms with van der Waals surface area (Å²) in [5.74, 6) is 0. The molecule has 0 aromatic rings. The lowest BCUT2D eigenvalue weighted by molar-refractivity contribution is 0.276. The molecule has 2 nitrogen and oxygen atoms in total. The van der Waals surface area contributed by atoms with E-state index < -0.39 is 0 Å². The van der Waals surface area contributed by atoms with E-state index >= 15 is 0 Å². The third kappa shape index (κ3) is 3.28. The van der Waals surface area contributed by atoms with E-state index in [0.717, 1.165) is 6.54 Å². The first kappa shape index (κ1) is 11.0. The van der Waals surface area contributed by atoms with Crippen molar-refractivity contribution in [2.24, 2.45) is 11.1 Å². The highest BCUT2D eigenvalue weighted by Gasteiger charge is 2.31. The molecule has 1 aliphatic heterocycles. The summed E-state index contributed by atoms with van der Waals surface area (Å²) < 4.78 is 0. The van der Waals surface area contributed by atoms with E-state index in [1.807, 2.05) is 0 Å². The number of hydrogen-bond acceptors (Lipinski definition) is 2. The first-order valence-corrected chi connectivity index (χ1v) is 5.62. The Hall–Kier alpha value is -0.0800. The maximum atomic E-state index is 5.76. The Labute approximate surface area is 82.5 Å². The van der Waals surface area contributed by atoms with Crippen molar-refractivity contribution < 1.29 is 0 Å². The van der Waals surface area contributed by atoms with Gasteiger partial charge in [0.05, 0.1) is 0 Å². The van der Waals surface area contributed by atoms with Crippen molar-refractivity contribution in [3.63, 3.8) is 0 Å². The molecule has 0 amide bonds. The molecule has 1 heterocycles. The van der Waals surface area contributed by atoms with E-state index in [4.69, 9.17) is 5.73 Å². The van der Waals surface area contributed by atoms with Gasteiger partial charge in [-0.2, -0.15) is 0 Å². The van der Waals surface area contributed by atoms with Gasteiger partial charge in [-0.15, -0.1) is 0 Å². The Bertz CT molecular complexity index is 147. The standard InChI is InChI=1S/C11H24N2/c1-3-4-5-7-13-8-6-11(2,9-12)10-13/h3-10,12H2,1-2H3. The monoisotopic (exact) mass is 184 g/mol. The lowest BCUT2D eigenvalue weighted by atomic mass is 9.90. The van der Waals surface area contributed by atoms with Crippen molar-refractivity contribution in [1.29, 1.82) is 0 Å². The van der Waals surface area contributed by atoms with Gasteiger partial charge in [0.2, 0.25) is 0 Å². The molecule has 2 N–H and O–H groups in total. The van der Waals surface area contributed by atoms with E-state index in [1.165, 1.54) is 45.3 Å². The van der Waals surface area contributed by atoms with Crippen LogP contribution in [0.3, 0.4) is 0 Å². The Morgan fingerprint density at radius 3 is 2.69 bits per heavy atom. The van der Waals surface area contributed by atoms with Crippen LogP contribution in [0.25, 0.3) is 0 Å². The molecule has 1 fully saturated rings. The minimum atomic E-state index is 0.409. The lowest BCUT2D eigenvalue weighted by Gasteiger charge is -2.22. The summed E-state index contributed by atoms with van der Waals surface area (Å²) >= 11 is 0. The molecule has 1 rings (SSSR count). The van der Waals surface area contributed by atoms with Crippen LogP contribution in [0.5, 0.6) is 0 Å². The molecule has 13 heavy (non-hydrogen) atoms. The van der Waals surface area contributed by atoms with Crippen molar-refractivity contribution in [1.82, 2.24) is 4.90 Å². The number of unbranched alkanes of at least 4 members (excludes halogenated alkanes) is 2. The van der Waals surface area contributed by atoms with Crippen LogP contribution < -0.4 is 5.73 Å². The van der Waals surface area contributed by atoms with Crippen LogP contribution in [0.2, 0.25) is 0 Å². The van der Waals surface area contributed by atoms with Gasteiger partial charge in [-0.05, 0) is 37.9 Å². The molecule has 1 unspecified atom stereocenters. The number of hydrogen-bond donors (Lipinski definition) is 1. The highest BCUT2D eigenvalue weighted by atomic mass is 15.2. The van der Waals surface area contributed by atoms with Crippen LogP contribution >= 0.6 is 0 Å². The van der Waals surface area contributed by atoms with Gasteiger partial charge in [0, 0.05) is 6.54 Å². The molecule has 0 aromatic heterocycles. The maximum absolute atomic E-state index is 5.76. The molecule has 0 aromatic carbocycles. The van der Waals surface area contributed by atoms with Gasteiger partial charge >= 0.3 is 0 Å². The Balaban J connectivity index is 2.17. The van der Waals surface area contributed by atoms with E-state index in [0.29, 0.717) is 5.41 Å². The smallest absolute Gasteiger partial charge is 0.00479 e. The molecule has 1 aliphatic rings.